The smallest absolute Gasteiger partial charge is 0.294 e. The molecule has 16 heavy (non-hydrogen) atoms. The van der Waals surface area contributed by atoms with Gasteiger partial charge in [0.25, 0.3) is 5.91 Å². The van der Waals surface area contributed by atoms with Crippen molar-refractivity contribution in [2.24, 2.45) is 0 Å². The number of hydrogen-bond acceptors (Lipinski definition) is 2. The lowest BCUT2D eigenvalue weighted by molar-refractivity contribution is -0.133. The molecule has 0 bridgehead atoms. The standard InChI is InChI=1S/C10H6BrF2NO2/c11-6-3-5(12)4-7(13)9(6)14-2-1-8(15)10(14)16/h3-4H,1-2H2. The molecule has 2 rings (SSSR count). The molecule has 0 spiro atoms. The number of ketones is 1. The topological polar surface area (TPSA) is 37.4 Å². The van der Waals surface area contributed by atoms with E-state index in [4.69, 9.17) is 0 Å². The fourth-order valence-electron chi connectivity index (χ4n) is 1.58. The SMILES string of the molecule is O=C1CCN(c2c(F)cc(F)cc2Br)C1=O. The van der Waals surface area contributed by atoms with E-state index in [-0.39, 0.29) is 23.1 Å². The van der Waals surface area contributed by atoms with E-state index in [1.54, 1.807) is 0 Å². The highest BCUT2D eigenvalue weighted by atomic mass is 79.9. The molecule has 0 saturated carbocycles. The minimum Gasteiger partial charge on any atom is -0.302 e. The number of halogens is 3. The normalized spacial score (nSPS) is 16.1. The molecule has 6 heteroatoms. The van der Waals surface area contributed by atoms with E-state index >= 15 is 0 Å². The minimum atomic E-state index is -0.866. The zero-order valence-electron chi connectivity index (χ0n) is 7.97. The van der Waals surface area contributed by atoms with Crippen LogP contribution in [0.4, 0.5) is 14.5 Å². The second kappa shape index (κ2) is 3.93. The molecule has 1 fully saturated rings. The number of carbonyl (C=O) groups is 2. The first-order valence-corrected chi connectivity index (χ1v) is 5.29. The summed E-state index contributed by atoms with van der Waals surface area (Å²) in [6, 6.07) is 1.73. The predicted octanol–water partition coefficient (Wildman–Crippen LogP) is 2.03. The average molecular weight is 290 g/mol. The lowest BCUT2D eigenvalue weighted by Crippen LogP contribution is -2.28. The molecule has 0 unspecified atom stereocenters. The van der Waals surface area contributed by atoms with Crippen LogP contribution in [-0.2, 0) is 9.59 Å². The molecule has 1 saturated heterocycles. The summed E-state index contributed by atoms with van der Waals surface area (Å²) in [5.74, 6) is -2.93. The van der Waals surface area contributed by atoms with Crippen LogP contribution < -0.4 is 4.90 Å². The monoisotopic (exact) mass is 289 g/mol. The van der Waals surface area contributed by atoms with Gasteiger partial charge in [0.1, 0.15) is 5.82 Å². The quantitative estimate of drug-likeness (QED) is 0.742. The highest BCUT2D eigenvalue weighted by molar-refractivity contribution is 9.10. The summed E-state index contributed by atoms with van der Waals surface area (Å²) in [6.07, 6.45) is 0.0576. The van der Waals surface area contributed by atoms with Crippen molar-refractivity contribution in [3.05, 3.63) is 28.2 Å². The van der Waals surface area contributed by atoms with Crippen molar-refractivity contribution in [3.63, 3.8) is 0 Å². The first kappa shape index (κ1) is 11.2. The van der Waals surface area contributed by atoms with Crippen molar-refractivity contribution in [2.45, 2.75) is 6.42 Å². The molecule has 84 valence electrons. The first-order valence-electron chi connectivity index (χ1n) is 4.50. The van der Waals surface area contributed by atoms with Crippen molar-refractivity contribution < 1.29 is 18.4 Å². The molecule has 1 aliphatic heterocycles. The van der Waals surface area contributed by atoms with Gasteiger partial charge in [0.15, 0.2) is 5.82 Å². The van der Waals surface area contributed by atoms with Crippen LogP contribution >= 0.6 is 15.9 Å². The fraction of sp³-hybridized carbons (Fsp3) is 0.200. The summed E-state index contributed by atoms with van der Waals surface area (Å²) in [7, 11) is 0. The predicted molar refractivity (Wildman–Crippen MR) is 56.0 cm³/mol. The van der Waals surface area contributed by atoms with Crippen molar-refractivity contribution in [1.29, 1.82) is 0 Å². The highest BCUT2D eigenvalue weighted by Crippen LogP contribution is 2.32. The number of rotatable bonds is 1. The lowest BCUT2D eigenvalue weighted by Gasteiger charge is -2.17. The van der Waals surface area contributed by atoms with Gasteiger partial charge in [0, 0.05) is 23.5 Å². The van der Waals surface area contributed by atoms with Crippen molar-refractivity contribution in [3.8, 4) is 0 Å². The van der Waals surface area contributed by atoms with E-state index in [1.807, 2.05) is 0 Å². The number of Topliss-reactive ketones (excluding diaryl/α,β-unsaturated/α-hetero) is 1. The summed E-state index contributed by atoms with van der Waals surface area (Å²) in [6.45, 7) is 0.124. The third-order valence-corrected chi connectivity index (χ3v) is 2.90. The molecule has 3 nitrogen and oxygen atoms in total. The summed E-state index contributed by atoms with van der Waals surface area (Å²) in [4.78, 5) is 23.4. The number of amides is 1. The van der Waals surface area contributed by atoms with Crippen molar-refractivity contribution in [2.75, 3.05) is 11.4 Å². The Morgan fingerprint density at radius 3 is 2.44 bits per heavy atom. The van der Waals surface area contributed by atoms with Crippen LogP contribution in [0.1, 0.15) is 6.42 Å². The molecule has 0 aliphatic carbocycles. The van der Waals surface area contributed by atoms with Crippen LogP contribution in [0.3, 0.4) is 0 Å². The Hall–Kier alpha value is -1.30. The molecule has 0 aromatic heterocycles. The van der Waals surface area contributed by atoms with Gasteiger partial charge in [0.05, 0.1) is 5.69 Å². The third-order valence-electron chi connectivity index (χ3n) is 2.30. The summed E-state index contributed by atoms with van der Waals surface area (Å²) in [5.41, 5.74) is -0.0859. The summed E-state index contributed by atoms with van der Waals surface area (Å²) < 4.78 is 26.4. The van der Waals surface area contributed by atoms with Gasteiger partial charge in [-0.15, -0.1) is 0 Å². The van der Waals surface area contributed by atoms with E-state index in [2.05, 4.69) is 15.9 Å². The first-order chi connectivity index (χ1) is 7.50. The van der Waals surface area contributed by atoms with Crippen LogP contribution in [0, 0.1) is 11.6 Å². The van der Waals surface area contributed by atoms with Gasteiger partial charge >= 0.3 is 0 Å². The van der Waals surface area contributed by atoms with Gasteiger partial charge in [0.2, 0.25) is 5.78 Å². The van der Waals surface area contributed by atoms with Gasteiger partial charge in [-0.1, -0.05) is 0 Å². The van der Waals surface area contributed by atoms with Crippen LogP contribution in [0.15, 0.2) is 16.6 Å². The molecule has 1 aliphatic rings. The molecule has 1 aromatic carbocycles. The molecule has 1 amide bonds. The van der Waals surface area contributed by atoms with E-state index in [0.29, 0.717) is 6.07 Å². The van der Waals surface area contributed by atoms with Crippen LogP contribution in [0.5, 0.6) is 0 Å². The van der Waals surface area contributed by atoms with E-state index in [9.17, 15) is 18.4 Å². The minimum absolute atomic E-state index is 0.0576. The number of carbonyl (C=O) groups excluding carboxylic acids is 2. The zero-order valence-corrected chi connectivity index (χ0v) is 9.55. The molecule has 0 N–H and O–H groups in total. The van der Waals surface area contributed by atoms with Crippen molar-refractivity contribution in [1.82, 2.24) is 0 Å². The maximum atomic E-state index is 13.5. The Bertz CT molecular complexity index is 467. The molecule has 1 aromatic rings. The van der Waals surface area contributed by atoms with E-state index in [0.717, 1.165) is 11.0 Å². The number of anilines is 1. The third kappa shape index (κ3) is 1.73. The van der Waals surface area contributed by atoms with Crippen LogP contribution in [0.25, 0.3) is 0 Å². The second-order valence-corrected chi connectivity index (χ2v) is 4.20. The summed E-state index contributed by atoms with van der Waals surface area (Å²) in [5, 5.41) is 0. The Kier molecular flexibility index (Phi) is 2.75. The van der Waals surface area contributed by atoms with E-state index in [1.165, 1.54) is 0 Å². The molecule has 0 atom stereocenters. The molecule has 0 radical (unpaired) electrons. The lowest BCUT2D eigenvalue weighted by atomic mass is 10.2. The zero-order chi connectivity index (χ0) is 11.9. The van der Waals surface area contributed by atoms with Gasteiger partial charge in [-0.25, -0.2) is 8.78 Å². The summed E-state index contributed by atoms with van der Waals surface area (Å²) >= 11 is 2.97. The van der Waals surface area contributed by atoms with Gasteiger partial charge in [-0.3, -0.25) is 9.59 Å². The van der Waals surface area contributed by atoms with E-state index < -0.39 is 23.3 Å². The van der Waals surface area contributed by atoms with Gasteiger partial charge in [-0.2, -0.15) is 0 Å². The maximum Gasteiger partial charge on any atom is 0.294 e. The Balaban J connectivity index is 2.49. The maximum absolute atomic E-state index is 13.5. The number of hydrogen-bond donors (Lipinski definition) is 0. The Labute approximate surface area is 98.2 Å². The second-order valence-electron chi connectivity index (χ2n) is 3.35. The fourth-order valence-corrected chi connectivity index (χ4v) is 2.20. The average Bonchev–Trinajstić information content (AvgIpc) is 2.48. The van der Waals surface area contributed by atoms with Gasteiger partial charge < -0.3 is 4.90 Å². The Morgan fingerprint density at radius 2 is 1.94 bits per heavy atom. The highest BCUT2D eigenvalue weighted by Gasteiger charge is 2.33. The van der Waals surface area contributed by atoms with Crippen LogP contribution in [-0.4, -0.2) is 18.2 Å². The molecule has 1 heterocycles. The number of nitrogens with zero attached hydrogens (tertiary/aromatic N) is 1. The molecular formula is C10H6BrF2NO2. The Morgan fingerprint density at radius 1 is 1.25 bits per heavy atom. The largest absolute Gasteiger partial charge is 0.302 e. The van der Waals surface area contributed by atoms with Gasteiger partial charge in [-0.05, 0) is 22.0 Å². The number of benzene rings is 1. The van der Waals surface area contributed by atoms with Crippen molar-refractivity contribution >= 4 is 33.3 Å². The molecular weight excluding hydrogens is 284 g/mol. The van der Waals surface area contributed by atoms with Crippen LogP contribution in [0.2, 0.25) is 0 Å².